The Kier molecular flexibility index (Phi) is 2.54. The minimum absolute atomic E-state index is 0.0661. The van der Waals surface area contributed by atoms with Gasteiger partial charge in [-0.15, -0.1) is 0 Å². The van der Waals surface area contributed by atoms with E-state index in [0.717, 1.165) is 16.8 Å². The largest absolute Gasteiger partial charge is 0.325 e. The molecular weight excluding hydrogens is 216 g/mol. The lowest BCUT2D eigenvalue weighted by Gasteiger charge is -2.05. The fourth-order valence-electron chi connectivity index (χ4n) is 1.62. The zero-order valence-corrected chi connectivity index (χ0v) is 8.47. The minimum atomic E-state index is -0.0661. The van der Waals surface area contributed by atoms with Gasteiger partial charge in [-0.2, -0.15) is 0 Å². The fourth-order valence-corrected chi connectivity index (χ4v) is 1.89. The van der Waals surface area contributed by atoms with Crippen molar-refractivity contribution in [1.82, 2.24) is 0 Å². The van der Waals surface area contributed by atoms with Crippen molar-refractivity contribution in [3.8, 4) is 0 Å². The van der Waals surface area contributed by atoms with E-state index >= 15 is 0 Å². The molecule has 1 N–H and O–H groups in total. The van der Waals surface area contributed by atoms with Crippen LogP contribution in [0.25, 0.3) is 0 Å². The molecule has 1 aromatic rings. The quantitative estimate of drug-likeness (QED) is 0.611. The van der Waals surface area contributed by atoms with Crippen LogP contribution in [0.2, 0.25) is 5.02 Å². The lowest BCUT2D eigenvalue weighted by atomic mass is 10.1. The Labute approximate surface area is 91.0 Å². The monoisotopic (exact) mass is 222 g/mol. The molecule has 0 aliphatic carbocycles. The van der Waals surface area contributed by atoms with Gasteiger partial charge >= 0.3 is 0 Å². The van der Waals surface area contributed by atoms with Crippen LogP contribution in [0.15, 0.2) is 17.1 Å². The number of amides is 1. The van der Waals surface area contributed by atoms with Gasteiger partial charge < -0.3 is 5.32 Å². The van der Waals surface area contributed by atoms with Crippen molar-refractivity contribution in [3.05, 3.63) is 28.3 Å². The highest BCUT2D eigenvalue weighted by molar-refractivity contribution is 6.31. The summed E-state index contributed by atoms with van der Waals surface area (Å²) in [6.45, 7) is 0.187. The predicted molar refractivity (Wildman–Crippen MR) is 55.6 cm³/mol. The predicted octanol–water partition coefficient (Wildman–Crippen LogP) is 1.67. The average Bonchev–Trinajstić information content (AvgIpc) is 2.54. The number of isocyanates is 1. The standard InChI is InChI=1S/C10H7ClN2O2/c11-8-1-6-3-9(15)13-10(6)7(2-8)4-12-5-14/h1-2H,3-4H2,(H,13,15). The number of benzene rings is 1. The SMILES string of the molecule is O=C=NCc1cc(Cl)cc2c1NC(=O)C2. The first kappa shape index (κ1) is 9.90. The van der Waals surface area contributed by atoms with E-state index in [-0.39, 0.29) is 12.5 Å². The molecule has 1 heterocycles. The number of nitrogens with one attached hydrogen (secondary N) is 1. The van der Waals surface area contributed by atoms with Gasteiger partial charge in [0.25, 0.3) is 0 Å². The lowest BCUT2D eigenvalue weighted by Crippen LogP contribution is -2.04. The minimum Gasteiger partial charge on any atom is -0.325 e. The van der Waals surface area contributed by atoms with E-state index in [1.54, 1.807) is 12.1 Å². The molecule has 5 heteroatoms. The summed E-state index contributed by atoms with van der Waals surface area (Å²) in [5, 5.41) is 3.26. The van der Waals surface area contributed by atoms with Crippen LogP contribution in [-0.4, -0.2) is 12.0 Å². The first-order valence-electron chi connectivity index (χ1n) is 4.35. The third-order valence-electron chi connectivity index (χ3n) is 2.20. The number of rotatable bonds is 2. The third-order valence-corrected chi connectivity index (χ3v) is 2.41. The number of anilines is 1. The molecule has 0 saturated heterocycles. The van der Waals surface area contributed by atoms with E-state index in [0.29, 0.717) is 11.4 Å². The van der Waals surface area contributed by atoms with Crippen LogP contribution in [0.5, 0.6) is 0 Å². The van der Waals surface area contributed by atoms with Crippen LogP contribution in [0.1, 0.15) is 11.1 Å². The highest BCUT2D eigenvalue weighted by Crippen LogP contribution is 2.31. The number of aliphatic imine (C=N–C) groups is 1. The molecule has 0 atom stereocenters. The van der Waals surface area contributed by atoms with Gasteiger partial charge in [-0.25, -0.2) is 9.79 Å². The normalized spacial score (nSPS) is 13.0. The van der Waals surface area contributed by atoms with E-state index in [9.17, 15) is 9.59 Å². The Morgan fingerprint density at radius 1 is 1.53 bits per heavy atom. The van der Waals surface area contributed by atoms with Gasteiger partial charge in [0.05, 0.1) is 13.0 Å². The molecule has 76 valence electrons. The zero-order valence-electron chi connectivity index (χ0n) is 7.71. The second kappa shape index (κ2) is 3.85. The number of carbonyl (C=O) groups is 1. The van der Waals surface area contributed by atoms with Gasteiger partial charge in [-0.1, -0.05) is 11.6 Å². The van der Waals surface area contributed by atoms with Gasteiger partial charge in [0, 0.05) is 10.7 Å². The van der Waals surface area contributed by atoms with Gasteiger partial charge in [0.15, 0.2) is 0 Å². The van der Waals surface area contributed by atoms with Crippen molar-refractivity contribution in [2.24, 2.45) is 4.99 Å². The summed E-state index contributed by atoms with van der Waals surface area (Å²) in [7, 11) is 0. The van der Waals surface area contributed by atoms with Crippen molar-refractivity contribution >= 4 is 29.3 Å². The molecule has 4 nitrogen and oxygen atoms in total. The van der Waals surface area contributed by atoms with Gasteiger partial charge in [0.2, 0.25) is 12.0 Å². The summed E-state index contributed by atoms with van der Waals surface area (Å²) in [5.74, 6) is -0.0661. The van der Waals surface area contributed by atoms with Crippen molar-refractivity contribution in [2.45, 2.75) is 13.0 Å². The topological polar surface area (TPSA) is 58.5 Å². The molecule has 1 aliphatic heterocycles. The van der Waals surface area contributed by atoms with E-state index in [1.165, 1.54) is 6.08 Å². The summed E-state index contributed by atoms with van der Waals surface area (Å²) < 4.78 is 0. The Bertz CT molecular complexity index is 479. The molecule has 0 spiro atoms. The molecular formula is C10H7ClN2O2. The maximum absolute atomic E-state index is 11.2. The summed E-state index contributed by atoms with van der Waals surface area (Å²) in [6, 6.07) is 3.43. The number of carbonyl (C=O) groups excluding carboxylic acids is 2. The van der Waals surface area contributed by atoms with E-state index in [2.05, 4.69) is 10.3 Å². The second-order valence-corrected chi connectivity index (χ2v) is 3.67. The second-order valence-electron chi connectivity index (χ2n) is 3.23. The highest BCUT2D eigenvalue weighted by atomic mass is 35.5. The first-order chi connectivity index (χ1) is 7.20. The Balaban J connectivity index is 2.46. The molecule has 0 saturated carbocycles. The molecule has 0 bridgehead atoms. The number of hydrogen-bond acceptors (Lipinski definition) is 3. The third kappa shape index (κ3) is 1.91. The fraction of sp³-hybridized carbons (Fsp3) is 0.200. The van der Waals surface area contributed by atoms with E-state index in [4.69, 9.17) is 11.6 Å². The Morgan fingerprint density at radius 2 is 2.33 bits per heavy atom. The molecule has 0 unspecified atom stereocenters. The number of nitrogens with zero attached hydrogens (tertiary/aromatic N) is 1. The molecule has 0 fully saturated rings. The van der Waals surface area contributed by atoms with E-state index in [1.807, 2.05) is 0 Å². The van der Waals surface area contributed by atoms with Crippen LogP contribution < -0.4 is 5.32 Å². The molecule has 1 amide bonds. The molecule has 15 heavy (non-hydrogen) atoms. The summed E-state index contributed by atoms with van der Waals surface area (Å²) in [4.78, 5) is 24.7. The van der Waals surface area contributed by atoms with Crippen molar-refractivity contribution < 1.29 is 9.59 Å². The van der Waals surface area contributed by atoms with Crippen LogP contribution in [0.4, 0.5) is 5.69 Å². The Hall–Kier alpha value is -1.64. The first-order valence-corrected chi connectivity index (χ1v) is 4.73. The van der Waals surface area contributed by atoms with Crippen LogP contribution in [0, 0.1) is 0 Å². The number of hydrogen-bond donors (Lipinski definition) is 1. The number of halogens is 1. The van der Waals surface area contributed by atoms with Crippen molar-refractivity contribution in [1.29, 1.82) is 0 Å². The van der Waals surface area contributed by atoms with Crippen molar-refractivity contribution in [3.63, 3.8) is 0 Å². The van der Waals surface area contributed by atoms with E-state index < -0.39 is 0 Å². The zero-order chi connectivity index (χ0) is 10.8. The Morgan fingerprint density at radius 3 is 3.07 bits per heavy atom. The summed E-state index contributed by atoms with van der Waals surface area (Å²) >= 11 is 5.88. The summed E-state index contributed by atoms with van der Waals surface area (Å²) in [6.07, 6.45) is 1.78. The maximum atomic E-state index is 11.2. The smallest absolute Gasteiger partial charge is 0.235 e. The molecule has 2 rings (SSSR count). The molecule has 0 radical (unpaired) electrons. The molecule has 0 aromatic heterocycles. The number of fused-ring (bicyclic) bond motifs is 1. The van der Waals surface area contributed by atoms with Crippen LogP contribution >= 0.6 is 11.6 Å². The lowest BCUT2D eigenvalue weighted by molar-refractivity contribution is -0.115. The van der Waals surface area contributed by atoms with Crippen LogP contribution in [0.3, 0.4) is 0 Å². The molecule has 1 aromatic carbocycles. The maximum Gasteiger partial charge on any atom is 0.235 e. The van der Waals surface area contributed by atoms with Gasteiger partial charge in [-0.05, 0) is 23.3 Å². The van der Waals surface area contributed by atoms with Crippen molar-refractivity contribution in [2.75, 3.05) is 5.32 Å². The molecule has 1 aliphatic rings. The average molecular weight is 223 g/mol. The summed E-state index contributed by atoms with van der Waals surface area (Å²) in [5.41, 5.74) is 2.32. The highest BCUT2D eigenvalue weighted by Gasteiger charge is 2.21. The van der Waals surface area contributed by atoms with Gasteiger partial charge in [-0.3, -0.25) is 4.79 Å². The van der Waals surface area contributed by atoms with Gasteiger partial charge in [0.1, 0.15) is 0 Å². The van der Waals surface area contributed by atoms with Crippen LogP contribution in [-0.2, 0) is 22.6 Å².